The number of hydrogen-bond acceptors (Lipinski definition) is 4. The van der Waals surface area contributed by atoms with Crippen LogP contribution >= 0.6 is 11.3 Å². The predicted molar refractivity (Wildman–Crippen MR) is 98.5 cm³/mol. The SMILES string of the molecule is CCNC(=NCc1nc(C(F)(F)F)cs1)N1CCC(Cc2cnn(C)c2)C1. The third-order valence-corrected chi connectivity index (χ3v) is 5.24. The Bertz CT molecular complexity index is 782. The Hall–Kier alpha value is -2.10. The molecule has 0 aromatic carbocycles. The molecular weight excluding hydrogens is 377 g/mol. The summed E-state index contributed by atoms with van der Waals surface area (Å²) in [5.74, 6) is 1.24. The van der Waals surface area contributed by atoms with Gasteiger partial charge in [-0.2, -0.15) is 18.3 Å². The van der Waals surface area contributed by atoms with Crippen LogP contribution < -0.4 is 5.32 Å². The molecule has 2 aromatic rings. The first kappa shape index (κ1) is 19.7. The van der Waals surface area contributed by atoms with Crippen LogP contribution in [-0.4, -0.2) is 45.3 Å². The average Bonchev–Trinajstić information content (AvgIpc) is 3.32. The number of nitrogens with one attached hydrogen (secondary N) is 1. The number of halogens is 3. The summed E-state index contributed by atoms with van der Waals surface area (Å²) in [5.41, 5.74) is 0.370. The van der Waals surface area contributed by atoms with Crippen LogP contribution in [0.3, 0.4) is 0 Å². The maximum absolute atomic E-state index is 12.7. The van der Waals surface area contributed by atoms with Crippen molar-refractivity contribution in [3.05, 3.63) is 34.0 Å². The number of nitrogens with zero attached hydrogens (tertiary/aromatic N) is 5. The number of aliphatic imine (C=N–C) groups is 1. The van der Waals surface area contributed by atoms with Gasteiger partial charge in [0, 0.05) is 38.3 Å². The lowest BCUT2D eigenvalue weighted by atomic mass is 10.0. The number of aryl methyl sites for hydroxylation is 1. The van der Waals surface area contributed by atoms with Gasteiger partial charge in [0.2, 0.25) is 0 Å². The molecular formula is C17H23F3N6S. The third kappa shape index (κ3) is 5.21. The Kier molecular flexibility index (Phi) is 6.03. The van der Waals surface area contributed by atoms with Crippen LogP contribution in [0.5, 0.6) is 0 Å². The van der Waals surface area contributed by atoms with E-state index in [1.54, 1.807) is 4.68 Å². The molecule has 1 N–H and O–H groups in total. The fraction of sp³-hybridized carbons (Fsp3) is 0.588. The predicted octanol–water partition coefficient (Wildman–Crippen LogP) is 2.93. The van der Waals surface area contributed by atoms with Gasteiger partial charge in [-0.25, -0.2) is 9.98 Å². The zero-order valence-electron chi connectivity index (χ0n) is 15.3. The first-order valence-corrected chi connectivity index (χ1v) is 9.75. The highest BCUT2D eigenvalue weighted by molar-refractivity contribution is 7.09. The van der Waals surface area contributed by atoms with Gasteiger partial charge in [0.15, 0.2) is 11.7 Å². The number of alkyl halides is 3. The Balaban J connectivity index is 1.61. The molecule has 1 saturated heterocycles. The van der Waals surface area contributed by atoms with Gasteiger partial charge in [-0.3, -0.25) is 4.68 Å². The monoisotopic (exact) mass is 400 g/mol. The van der Waals surface area contributed by atoms with E-state index in [9.17, 15) is 13.2 Å². The largest absolute Gasteiger partial charge is 0.434 e. The van der Waals surface area contributed by atoms with E-state index in [-0.39, 0.29) is 6.54 Å². The quantitative estimate of drug-likeness (QED) is 0.619. The summed E-state index contributed by atoms with van der Waals surface area (Å²) in [4.78, 5) is 10.3. The lowest BCUT2D eigenvalue weighted by Gasteiger charge is -2.21. The van der Waals surface area contributed by atoms with Crippen LogP contribution in [0.1, 0.15) is 29.6 Å². The molecule has 0 radical (unpaired) electrons. The average molecular weight is 400 g/mol. The van der Waals surface area contributed by atoms with E-state index < -0.39 is 11.9 Å². The van der Waals surface area contributed by atoms with Crippen LogP contribution in [0.25, 0.3) is 0 Å². The second-order valence-electron chi connectivity index (χ2n) is 6.62. The summed E-state index contributed by atoms with van der Waals surface area (Å²) in [5, 5.41) is 8.84. The molecule has 0 saturated carbocycles. The van der Waals surface area contributed by atoms with Crippen LogP contribution in [0.2, 0.25) is 0 Å². The van der Waals surface area contributed by atoms with E-state index in [1.165, 1.54) is 5.56 Å². The Morgan fingerprint density at radius 3 is 2.89 bits per heavy atom. The Labute approximate surface area is 160 Å². The molecule has 6 nitrogen and oxygen atoms in total. The summed E-state index contributed by atoms with van der Waals surface area (Å²) in [6.07, 6.45) is 1.53. The van der Waals surface area contributed by atoms with Gasteiger partial charge in [0.25, 0.3) is 0 Å². The lowest BCUT2D eigenvalue weighted by Crippen LogP contribution is -2.40. The number of likely N-dealkylation sites (tertiary alicyclic amines) is 1. The zero-order chi connectivity index (χ0) is 19.4. The molecule has 10 heteroatoms. The number of guanidine groups is 1. The molecule has 148 valence electrons. The van der Waals surface area contributed by atoms with Crippen LogP contribution in [-0.2, 0) is 26.2 Å². The summed E-state index contributed by atoms with van der Waals surface area (Å²) in [7, 11) is 1.91. The van der Waals surface area contributed by atoms with Crippen molar-refractivity contribution in [2.45, 2.75) is 32.5 Å². The highest BCUT2D eigenvalue weighted by atomic mass is 32.1. The van der Waals surface area contributed by atoms with Crippen molar-refractivity contribution in [3.8, 4) is 0 Å². The minimum atomic E-state index is -4.41. The molecule has 1 aliphatic rings. The molecule has 1 fully saturated rings. The maximum atomic E-state index is 12.7. The molecule has 0 spiro atoms. The highest BCUT2D eigenvalue weighted by Gasteiger charge is 2.33. The van der Waals surface area contributed by atoms with Crippen molar-refractivity contribution in [3.63, 3.8) is 0 Å². The van der Waals surface area contributed by atoms with Gasteiger partial charge in [-0.1, -0.05) is 0 Å². The summed E-state index contributed by atoms with van der Waals surface area (Å²) in [6.45, 7) is 4.57. The minimum absolute atomic E-state index is 0.146. The summed E-state index contributed by atoms with van der Waals surface area (Å²) >= 11 is 0.990. The maximum Gasteiger partial charge on any atom is 0.434 e. The van der Waals surface area contributed by atoms with Crippen molar-refractivity contribution >= 4 is 17.3 Å². The van der Waals surface area contributed by atoms with Crippen molar-refractivity contribution < 1.29 is 13.2 Å². The van der Waals surface area contributed by atoms with Crippen molar-refractivity contribution in [1.29, 1.82) is 0 Å². The van der Waals surface area contributed by atoms with E-state index in [2.05, 4.69) is 25.3 Å². The second kappa shape index (κ2) is 8.28. The van der Waals surface area contributed by atoms with Crippen LogP contribution in [0.4, 0.5) is 13.2 Å². The molecule has 3 rings (SSSR count). The molecule has 0 amide bonds. The van der Waals surface area contributed by atoms with Crippen molar-refractivity contribution in [1.82, 2.24) is 25.0 Å². The number of hydrogen-bond donors (Lipinski definition) is 1. The molecule has 0 bridgehead atoms. The first-order valence-electron chi connectivity index (χ1n) is 8.87. The minimum Gasteiger partial charge on any atom is -0.357 e. The lowest BCUT2D eigenvalue weighted by molar-refractivity contribution is -0.140. The number of rotatable bonds is 5. The molecule has 2 aromatic heterocycles. The highest BCUT2D eigenvalue weighted by Crippen LogP contribution is 2.30. The van der Waals surface area contributed by atoms with Gasteiger partial charge in [0.1, 0.15) is 5.01 Å². The van der Waals surface area contributed by atoms with Crippen LogP contribution in [0, 0.1) is 5.92 Å². The van der Waals surface area contributed by atoms with E-state index in [4.69, 9.17) is 0 Å². The van der Waals surface area contributed by atoms with Gasteiger partial charge in [-0.05, 0) is 31.2 Å². The van der Waals surface area contributed by atoms with E-state index >= 15 is 0 Å². The smallest absolute Gasteiger partial charge is 0.357 e. The first-order chi connectivity index (χ1) is 12.8. The zero-order valence-corrected chi connectivity index (χ0v) is 16.1. The normalized spacial score (nSPS) is 18.3. The Morgan fingerprint density at radius 2 is 2.26 bits per heavy atom. The van der Waals surface area contributed by atoms with E-state index in [1.807, 2.05) is 26.4 Å². The molecule has 1 unspecified atom stereocenters. The van der Waals surface area contributed by atoms with Crippen molar-refractivity contribution in [2.24, 2.45) is 18.0 Å². The summed E-state index contributed by atoms with van der Waals surface area (Å²) < 4.78 is 39.8. The fourth-order valence-corrected chi connectivity index (χ4v) is 3.91. The number of thiazole rings is 1. The molecule has 1 aliphatic heterocycles. The standard InChI is InChI=1S/C17H23F3N6S/c1-3-21-16(22-8-15-24-14(11-27-15)17(18,19)20)26-5-4-12(10-26)6-13-7-23-25(2)9-13/h7,9,11-12H,3-6,8,10H2,1-2H3,(H,21,22). The molecule has 0 aliphatic carbocycles. The number of aromatic nitrogens is 3. The Morgan fingerprint density at radius 1 is 1.44 bits per heavy atom. The van der Waals surface area contributed by atoms with Crippen LogP contribution in [0.15, 0.2) is 22.8 Å². The topological polar surface area (TPSA) is 58.3 Å². The van der Waals surface area contributed by atoms with E-state index in [0.717, 1.165) is 48.6 Å². The van der Waals surface area contributed by atoms with Crippen molar-refractivity contribution in [2.75, 3.05) is 19.6 Å². The van der Waals surface area contributed by atoms with Gasteiger partial charge < -0.3 is 10.2 Å². The molecule has 3 heterocycles. The van der Waals surface area contributed by atoms with E-state index in [0.29, 0.717) is 17.5 Å². The van der Waals surface area contributed by atoms with Gasteiger partial charge in [0.05, 0.1) is 12.7 Å². The molecule has 27 heavy (non-hydrogen) atoms. The van der Waals surface area contributed by atoms with Gasteiger partial charge >= 0.3 is 6.18 Å². The fourth-order valence-electron chi connectivity index (χ4n) is 3.18. The third-order valence-electron chi connectivity index (χ3n) is 4.41. The second-order valence-corrected chi connectivity index (χ2v) is 7.56. The molecule has 1 atom stereocenters. The summed E-state index contributed by atoms with van der Waals surface area (Å²) in [6, 6.07) is 0. The van der Waals surface area contributed by atoms with Gasteiger partial charge in [-0.15, -0.1) is 11.3 Å².